The van der Waals surface area contributed by atoms with Crippen molar-refractivity contribution in [2.45, 2.75) is 26.0 Å². The summed E-state index contributed by atoms with van der Waals surface area (Å²) in [5.74, 6) is -0.117. The number of hydrogen-bond acceptors (Lipinski definition) is 4. The number of rotatable bonds is 8. The van der Waals surface area contributed by atoms with E-state index in [0.717, 1.165) is 42.0 Å². The van der Waals surface area contributed by atoms with Crippen molar-refractivity contribution in [2.75, 3.05) is 33.4 Å². The van der Waals surface area contributed by atoms with Gasteiger partial charge in [0, 0.05) is 31.6 Å². The number of aryl methyl sites for hydroxylation is 1. The highest BCUT2D eigenvalue weighted by Crippen LogP contribution is 2.23. The third kappa shape index (κ3) is 7.80. The fraction of sp³-hybridized carbons (Fsp3) is 0.409. The van der Waals surface area contributed by atoms with Crippen LogP contribution in [0, 0.1) is 18.6 Å². The zero-order valence-electron chi connectivity index (χ0n) is 17.6. The molecular weight excluding hydrogens is 519 g/mol. The molecular formula is C22H28F2IN3O3. The van der Waals surface area contributed by atoms with Crippen molar-refractivity contribution in [2.24, 2.45) is 4.99 Å². The Bertz CT molecular complexity index is 877. The normalized spacial score (nSPS) is 15.9. The highest BCUT2D eigenvalue weighted by Gasteiger charge is 2.18. The first-order valence-electron chi connectivity index (χ1n) is 9.91. The van der Waals surface area contributed by atoms with Crippen LogP contribution in [0.3, 0.4) is 0 Å². The van der Waals surface area contributed by atoms with Crippen LogP contribution in [-0.4, -0.2) is 45.5 Å². The number of halogens is 3. The predicted molar refractivity (Wildman–Crippen MR) is 127 cm³/mol. The molecule has 2 N–H and O–H groups in total. The van der Waals surface area contributed by atoms with E-state index in [4.69, 9.17) is 14.2 Å². The predicted octanol–water partition coefficient (Wildman–Crippen LogP) is 3.80. The number of nitrogens with one attached hydrogen (secondary N) is 2. The molecule has 31 heavy (non-hydrogen) atoms. The molecule has 1 heterocycles. The molecule has 0 radical (unpaired) electrons. The van der Waals surface area contributed by atoms with Gasteiger partial charge in [-0.3, -0.25) is 4.99 Å². The second kappa shape index (κ2) is 12.7. The van der Waals surface area contributed by atoms with Gasteiger partial charge in [0.25, 0.3) is 0 Å². The van der Waals surface area contributed by atoms with Crippen molar-refractivity contribution in [1.29, 1.82) is 0 Å². The topological polar surface area (TPSA) is 64.1 Å². The fourth-order valence-corrected chi connectivity index (χ4v) is 3.01. The lowest BCUT2D eigenvalue weighted by Crippen LogP contribution is -2.39. The molecule has 0 aliphatic carbocycles. The third-order valence-corrected chi connectivity index (χ3v) is 4.63. The van der Waals surface area contributed by atoms with Crippen LogP contribution >= 0.6 is 24.0 Å². The van der Waals surface area contributed by atoms with Gasteiger partial charge in [0.05, 0.1) is 19.8 Å². The second-order valence-electron chi connectivity index (χ2n) is 6.99. The van der Waals surface area contributed by atoms with Crippen molar-refractivity contribution in [3.05, 3.63) is 59.2 Å². The lowest BCUT2D eigenvalue weighted by atomic mass is 10.1. The van der Waals surface area contributed by atoms with Gasteiger partial charge >= 0.3 is 0 Å². The summed E-state index contributed by atoms with van der Waals surface area (Å²) < 4.78 is 43.1. The number of aliphatic imine (C=N–C) groups is 1. The largest absolute Gasteiger partial charge is 0.492 e. The summed E-state index contributed by atoms with van der Waals surface area (Å²) in [6.07, 6.45) is 0.971. The zero-order valence-corrected chi connectivity index (χ0v) is 20.0. The van der Waals surface area contributed by atoms with Gasteiger partial charge in [0.2, 0.25) is 0 Å². The van der Waals surface area contributed by atoms with Crippen LogP contribution in [0.1, 0.15) is 17.5 Å². The van der Waals surface area contributed by atoms with Crippen LogP contribution < -0.4 is 20.1 Å². The molecule has 1 saturated heterocycles. The van der Waals surface area contributed by atoms with Crippen LogP contribution in [0.4, 0.5) is 8.78 Å². The Morgan fingerprint density at radius 1 is 1.16 bits per heavy atom. The molecule has 2 aromatic rings. The molecule has 0 saturated carbocycles. The SMILES string of the molecule is CN=C(NCCOc1ccc(F)c(F)c1)NCc1ccc(C)cc1OC1CCOC1.I. The van der Waals surface area contributed by atoms with Crippen molar-refractivity contribution < 1.29 is 23.0 Å². The summed E-state index contributed by atoms with van der Waals surface area (Å²) in [4.78, 5) is 4.19. The van der Waals surface area contributed by atoms with Crippen LogP contribution in [0.25, 0.3) is 0 Å². The molecule has 0 aromatic heterocycles. The average Bonchev–Trinajstić information content (AvgIpc) is 3.24. The van der Waals surface area contributed by atoms with Gasteiger partial charge in [-0.2, -0.15) is 0 Å². The Morgan fingerprint density at radius 3 is 2.71 bits per heavy atom. The molecule has 1 aliphatic heterocycles. The van der Waals surface area contributed by atoms with Crippen LogP contribution in [0.15, 0.2) is 41.4 Å². The van der Waals surface area contributed by atoms with Gasteiger partial charge in [0.1, 0.15) is 24.2 Å². The lowest BCUT2D eigenvalue weighted by Gasteiger charge is -2.18. The Hall–Kier alpha value is -2.14. The van der Waals surface area contributed by atoms with Gasteiger partial charge in [-0.15, -0.1) is 24.0 Å². The van der Waals surface area contributed by atoms with E-state index in [0.29, 0.717) is 25.7 Å². The fourth-order valence-electron chi connectivity index (χ4n) is 3.01. The van der Waals surface area contributed by atoms with Crippen molar-refractivity contribution in [1.82, 2.24) is 10.6 Å². The van der Waals surface area contributed by atoms with Gasteiger partial charge in [0.15, 0.2) is 17.6 Å². The maximum absolute atomic E-state index is 13.2. The van der Waals surface area contributed by atoms with Crippen molar-refractivity contribution in [3.8, 4) is 11.5 Å². The summed E-state index contributed by atoms with van der Waals surface area (Å²) in [6, 6.07) is 9.56. The molecule has 3 rings (SSSR count). The molecule has 1 fully saturated rings. The Labute approximate surface area is 198 Å². The van der Waals surface area contributed by atoms with E-state index in [1.165, 1.54) is 6.07 Å². The van der Waals surface area contributed by atoms with Crippen molar-refractivity contribution in [3.63, 3.8) is 0 Å². The minimum Gasteiger partial charge on any atom is -0.492 e. The molecule has 0 amide bonds. The summed E-state index contributed by atoms with van der Waals surface area (Å²) in [6.45, 7) is 4.62. The average molecular weight is 547 g/mol. The van der Waals surface area contributed by atoms with Gasteiger partial charge in [-0.05, 0) is 30.7 Å². The summed E-state index contributed by atoms with van der Waals surface area (Å²) in [7, 11) is 1.67. The number of guanidine groups is 1. The minimum absolute atomic E-state index is 0. The van der Waals surface area contributed by atoms with Crippen LogP contribution in [0.2, 0.25) is 0 Å². The highest BCUT2D eigenvalue weighted by atomic mass is 127. The zero-order chi connectivity index (χ0) is 21.3. The molecule has 6 nitrogen and oxygen atoms in total. The molecule has 1 atom stereocenters. The first-order chi connectivity index (χ1) is 14.5. The molecule has 170 valence electrons. The van der Waals surface area contributed by atoms with Crippen LogP contribution in [-0.2, 0) is 11.3 Å². The van der Waals surface area contributed by atoms with Gasteiger partial charge in [-0.1, -0.05) is 12.1 Å². The second-order valence-corrected chi connectivity index (χ2v) is 6.99. The summed E-state index contributed by atoms with van der Waals surface area (Å²) >= 11 is 0. The Morgan fingerprint density at radius 2 is 2.00 bits per heavy atom. The molecule has 0 bridgehead atoms. The van der Waals surface area contributed by atoms with Crippen LogP contribution in [0.5, 0.6) is 11.5 Å². The standard InChI is InChI=1S/C22H27F2N3O3.HI/c1-15-3-4-16(21(11-15)30-18-7-9-28-14-18)13-27-22(25-2)26-8-10-29-17-5-6-19(23)20(24)12-17;/h3-6,11-12,18H,7-10,13-14H2,1-2H3,(H2,25,26,27);1H. The smallest absolute Gasteiger partial charge is 0.191 e. The van der Waals surface area contributed by atoms with E-state index in [2.05, 4.69) is 15.6 Å². The molecule has 1 unspecified atom stereocenters. The Kier molecular flexibility index (Phi) is 10.3. The summed E-state index contributed by atoms with van der Waals surface area (Å²) in [5, 5.41) is 6.37. The highest BCUT2D eigenvalue weighted by molar-refractivity contribution is 14.0. The maximum atomic E-state index is 13.2. The molecule has 9 heteroatoms. The first-order valence-corrected chi connectivity index (χ1v) is 9.91. The summed E-state index contributed by atoms with van der Waals surface area (Å²) in [5.41, 5.74) is 2.15. The molecule has 1 aliphatic rings. The van der Waals surface area contributed by atoms with Crippen molar-refractivity contribution >= 4 is 29.9 Å². The monoisotopic (exact) mass is 547 g/mol. The van der Waals surface area contributed by atoms with E-state index in [1.54, 1.807) is 7.05 Å². The number of nitrogens with zero attached hydrogens (tertiary/aromatic N) is 1. The first kappa shape index (κ1) is 25.1. The van der Waals surface area contributed by atoms with Gasteiger partial charge in [-0.25, -0.2) is 8.78 Å². The Balaban J connectivity index is 0.00000341. The van der Waals surface area contributed by atoms with E-state index >= 15 is 0 Å². The maximum Gasteiger partial charge on any atom is 0.191 e. The lowest BCUT2D eigenvalue weighted by molar-refractivity contribution is 0.140. The van der Waals surface area contributed by atoms with E-state index < -0.39 is 11.6 Å². The van der Waals surface area contributed by atoms with Gasteiger partial charge < -0.3 is 24.8 Å². The minimum atomic E-state index is -0.932. The van der Waals surface area contributed by atoms with E-state index in [9.17, 15) is 8.78 Å². The number of hydrogen-bond donors (Lipinski definition) is 2. The van der Waals surface area contributed by atoms with E-state index in [1.807, 2.05) is 25.1 Å². The quantitative estimate of drug-likeness (QED) is 0.228. The number of ether oxygens (including phenoxy) is 3. The molecule has 2 aromatic carbocycles. The molecule has 0 spiro atoms. The third-order valence-electron chi connectivity index (χ3n) is 4.63. The van der Waals surface area contributed by atoms with E-state index in [-0.39, 0.29) is 42.4 Å². The number of benzene rings is 2.